The van der Waals surface area contributed by atoms with E-state index in [-0.39, 0.29) is 47.5 Å². The number of fused-ring (bicyclic) bond motifs is 2. The van der Waals surface area contributed by atoms with E-state index in [0.717, 1.165) is 12.8 Å². The zero-order chi connectivity index (χ0) is 33.2. The van der Waals surface area contributed by atoms with Gasteiger partial charge in [-0.1, -0.05) is 153 Å². The van der Waals surface area contributed by atoms with Crippen LogP contribution in [0.15, 0.2) is 35.9 Å². The van der Waals surface area contributed by atoms with Gasteiger partial charge in [-0.2, -0.15) is 6.07 Å². The van der Waals surface area contributed by atoms with Crippen LogP contribution in [0.25, 0.3) is 16.8 Å². The molecule has 1 heteroatoms. The Morgan fingerprint density at radius 1 is 0.622 bits per heavy atom. The fourth-order valence-electron chi connectivity index (χ4n) is 7.94. The van der Waals surface area contributed by atoms with E-state index in [9.17, 15) is 0 Å². The smallest absolute Gasteiger partial charge is 0.00563 e. The molecule has 3 aromatic rings. The molecule has 45 heavy (non-hydrogen) atoms. The van der Waals surface area contributed by atoms with Crippen molar-refractivity contribution in [3.05, 3.63) is 80.4 Å². The molecule has 3 aromatic carbocycles. The molecule has 0 N–H and O–H groups in total. The summed E-state index contributed by atoms with van der Waals surface area (Å²) in [5.41, 5.74) is 14.5. The van der Waals surface area contributed by atoms with E-state index < -0.39 is 0 Å². The van der Waals surface area contributed by atoms with Crippen LogP contribution in [0.3, 0.4) is 0 Å². The van der Waals surface area contributed by atoms with Crippen molar-refractivity contribution in [2.75, 3.05) is 0 Å². The van der Waals surface area contributed by atoms with Crippen molar-refractivity contribution in [1.82, 2.24) is 0 Å². The van der Waals surface area contributed by atoms with Gasteiger partial charge in [0.1, 0.15) is 0 Å². The van der Waals surface area contributed by atoms with Crippen molar-refractivity contribution < 1.29 is 25.8 Å². The molecule has 1 unspecified atom stereocenters. The third-order valence-corrected chi connectivity index (χ3v) is 9.85. The Bertz CT molecular complexity index is 1520. The first-order chi connectivity index (χ1) is 20.0. The van der Waals surface area contributed by atoms with Gasteiger partial charge >= 0.3 is 0 Å². The summed E-state index contributed by atoms with van der Waals surface area (Å²) >= 11 is 0. The van der Waals surface area contributed by atoms with Gasteiger partial charge in [-0.15, -0.1) is 33.5 Å². The summed E-state index contributed by atoms with van der Waals surface area (Å²) in [6.07, 6.45) is 7.26. The molecule has 0 aromatic heterocycles. The van der Waals surface area contributed by atoms with Gasteiger partial charge in [0.05, 0.1) is 0 Å². The fraction of sp³-hybridized carbons (Fsp3) is 0.614. The van der Waals surface area contributed by atoms with Gasteiger partial charge in [0.2, 0.25) is 0 Å². The van der Waals surface area contributed by atoms with E-state index in [1.807, 2.05) is 0 Å². The molecule has 4 rings (SSSR count). The van der Waals surface area contributed by atoms with Gasteiger partial charge in [-0.25, -0.2) is 0 Å². The quantitative estimate of drug-likeness (QED) is 0.166. The fourth-order valence-corrected chi connectivity index (χ4v) is 7.94. The third kappa shape index (κ3) is 8.04. The molecule has 0 bridgehead atoms. The van der Waals surface area contributed by atoms with E-state index in [4.69, 9.17) is 0 Å². The maximum absolute atomic E-state index is 2.63. The van der Waals surface area contributed by atoms with Gasteiger partial charge in [0.15, 0.2) is 0 Å². The Morgan fingerprint density at radius 3 is 1.58 bits per heavy atom. The molecule has 0 radical (unpaired) electrons. The van der Waals surface area contributed by atoms with Crippen LogP contribution in [-0.2, 0) is 60.3 Å². The van der Waals surface area contributed by atoms with Gasteiger partial charge in [0.25, 0.3) is 0 Å². The standard InChI is InChI=1S/C44H65.Hf/c1-27(2)23-29-25-33-35(41(5,6)7)19-21-37(43(11,12)13)39(33)31(29)17-18-32-30(24-28(3)4)26-34-36(42(8,9)10)20-22-38(40(32)34)44(14,15)16;/h19-22,25-28,31H,17-18,23-24H2,1-16H3;/q-1;. The summed E-state index contributed by atoms with van der Waals surface area (Å²) in [6, 6.07) is 12.4. The molecule has 246 valence electrons. The van der Waals surface area contributed by atoms with Crippen molar-refractivity contribution in [2.24, 2.45) is 11.8 Å². The van der Waals surface area contributed by atoms with Gasteiger partial charge in [0, 0.05) is 31.8 Å². The monoisotopic (exact) mass is 773 g/mol. The normalized spacial score (nSPS) is 16.0. The number of hydrogen-bond donors (Lipinski definition) is 0. The number of rotatable bonds is 7. The molecule has 1 atom stereocenters. The molecular weight excluding hydrogens is 707 g/mol. The Morgan fingerprint density at radius 2 is 1.09 bits per heavy atom. The van der Waals surface area contributed by atoms with Crippen LogP contribution < -0.4 is 0 Å². The van der Waals surface area contributed by atoms with Gasteiger partial charge in [-0.05, 0) is 75.0 Å². The summed E-state index contributed by atoms with van der Waals surface area (Å²) < 4.78 is 0. The first-order valence-electron chi connectivity index (χ1n) is 17.6. The summed E-state index contributed by atoms with van der Waals surface area (Å²) in [5.74, 6) is 1.75. The second-order valence-electron chi connectivity index (χ2n) is 19.1. The first kappa shape index (κ1) is 38.1. The zero-order valence-electron chi connectivity index (χ0n) is 32.0. The molecule has 0 heterocycles. The molecule has 0 aliphatic heterocycles. The topological polar surface area (TPSA) is 0 Å². The molecule has 0 saturated carbocycles. The molecule has 0 spiro atoms. The predicted octanol–water partition coefficient (Wildman–Crippen LogP) is 13.1. The number of allylic oxidation sites excluding steroid dienone is 1. The minimum absolute atomic E-state index is 0. The Hall–Kier alpha value is -1.34. The second-order valence-corrected chi connectivity index (χ2v) is 19.1. The van der Waals surface area contributed by atoms with E-state index in [0.29, 0.717) is 17.8 Å². The number of aryl methyl sites for hydroxylation is 1. The molecule has 0 fully saturated rings. The average Bonchev–Trinajstić information content (AvgIpc) is 3.35. The SMILES string of the molecule is CC(C)CC1=Cc2c(C(C)(C)C)ccc(C(C)(C)C)c2C1CC[c-]1c(CC(C)C)cc2c(C(C)(C)C)ccc(C(C)(C)C)c21.[Hf]. The molecular formula is C44H65Hf-. The predicted molar refractivity (Wildman–Crippen MR) is 198 cm³/mol. The third-order valence-electron chi connectivity index (χ3n) is 9.85. The van der Waals surface area contributed by atoms with E-state index in [1.165, 1.54) is 40.5 Å². The van der Waals surface area contributed by atoms with Crippen LogP contribution in [0.2, 0.25) is 0 Å². The Labute approximate surface area is 297 Å². The zero-order valence-corrected chi connectivity index (χ0v) is 35.6. The second kappa shape index (κ2) is 13.3. The van der Waals surface area contributed by atoms with Crippen LogP contribution >= 0.6 is 0 Å². The largest absolute Gasteiger partial charge is 0.164 e. The average molecular weight is 772 g/mol. The Kier molecular flexibility index (Phi) is 11.2. The van der Waals surface area contributed by atoms with Crippen LogP contribution in [-0.4, -0.2) is 0 Å². The summed E-state index contributed by atoms with van der Waals surface area (Å²) in [4.78, 5) is 0. The molecule has 0 amide bonds. The summed E-state index contributed by atoms with van der Waals surface area (Å²) in [6.45, 7) is 38.3. The molecule has 1 aliphatic carbocycles. The first-order valence-corrected chi connectivity index (χ1v) is 17.6. The molecule has 0 nitrogen and oxygen atoms in total. The maximum atomic E-state index is 2.63. The maximum Gasteiger partial charge on any atom is 0.00563 e. The summed E-state index contributed by atoms with van der Waals surface area (Å²) in [7, 11) is 0. The Balaban J connectivity index is 0.00000552. The van der Waals surface area contributed by atoms with Crippen molar-refractivity contribution in [3.63, 3.8) is 0 Å². The van der Waals surface area contributed by atoms with Crippen molar-refractivity contribution in [1.29, 1.82) is 0 Å². The van der Waals surface area contributed by atoms with E-state index in [2.05, 4.69) is 147 Å². The van der Waals surface area contributed by atoms with Gasteiger partial charge < -0.3 is 0 Å². The van der Waals surface area contributed by atoms with Crippen LogP contribution in [0.5, 0.6) is 0 Å². The van der Waals surface area contributed by atoms with E-state index >= 15 is 0 Å². The molecule has 1 aliphatic rings. The van der Waals surface area contributed by atoms with Crippen LogP contribution in [0, 0.1) is 11.8 Å². The number of hydrogen-bond acceptors (Lipinski definition) is 0. The number of benzene rings is 2. The molecule has 0 saturated heterocycles. The van der Waals surface area contributed by atoms with Crippen LogP contribution in [0.4, 0.5) is 0 Å². The van der Waals surface area contributed by atoms with Crippen LogP contribution in [0.1, 0.15) is 174 Å². The van der Waals surface area contributed by atoms with Crippen molar-refractivity contribution in [2.45, 2.75) is 164 Å². The minimum atomic E-state index is 0. The van der Waals surface area contributed by atoms with Crippen molar-refractivity contribution in [3.8, 4) is 0 Å². The van der Waals surface area contributed by atoms with Crippen molar-refractivity contribution >= 4 is 16.8 Å². The van der Waals surface area contributed by atoms with Gasteiger partial charge in [-0.3, -0.25) is 0 Å². The van der Waals surface area contributed by atoms with E-state index in [1.54, 1.807) is 33.2 Å². The minimum Gasteiger partial charge on any atom is -0.164 e. The summed E-state index contributed by atoms with van der Waals surface area (Å²) in [5, 5.41) is 3.07.